The lowest BCUT2D eigenvalue weighted by molar-refractivity contribution is -0.181. The van der Waals surface area contributed by atoms with Crippen LogP contribution in [0.4, 0.5) is 0 Å². The largest absolute Gasteiger partial charge is 0.417 e. The molecule has 1 saturated heterocycles. The number of aromatic amines is 1. The molecule has 0 amide bonds. The smallest absolute Gasteiger partial charge is 0.408 e. The third kappa shape index (κ3) is 4.78. The molecular weight excluding hydrogens is 366 g/mol. The molecule has 7 heteroatoms. The van der Waals surface area contributed by atoms with Gasteiger partial charge in [-0.15, -0.1) is 0 Å². The average Bonchev–Trinajstić information content (AvgIpc) is 3.06. The maximum atomic E-state index is 11.2. The molecule has 0 radical (unpaired) electrons. The fourth-order valence-electron chi connectivity index (χ4n) is 3.31. The van der Waals surface area contributed by atoms with Gasteiger partial charge in [-0.3, -0.25) is 9.82 Å². The molecule has 0 aliphatic carbocycles. The van der Waals surface area contributed by atoms with Gasteiger partial charge in [0.15, 0.2) is 5.58 Å². The number of hydrogen-bond acceptors (Lipinski definition) is 5. The molecule has 1 aliphatic rings. The molecule has 2 N–H and O–H groups in total. The number of hydrogen-bond donors (Lipinski definition) is 2. The van der Waals surface area contributed by atoms with Crippen LogP contribution in [0.2, 0.25) is 5.02 Å². The molecule has 2 aromatic carbocycles. The number of oxazole rings is 1. The summed E-state index contributed by atoms with van der Waals surface area (Å²) in [5, 5.41) is 6.37. The maximum Gasteiger partial charge on any atom is 0.417 e. The molecule has 0 spiro atoms. The summed E-state index contributed by atoms with van der Waals surface area (Å²) in [6.07, 6.45) is 2.07. The summed E-state index contributed by atoms with van der Waals surface area (Å²) in [4.78, 5) is 19.8. The Balaban J connectivity index is 1.21. The Labute approximate surface area is 162 Å². The predicted octanol–water partition coefficient (Wildman–Crippen LogP) is 3.46. The number of rotatable bonds is 6. The quantitative estimate of drug-likeness (QED) is 0.677. The van der Waals surface area contributed by atoms with E-state index in [1.54, 1.807) is 0 Å². The molecule has 2 heterocycles. The monoisotopic (exact) mass is 387 g/mol. The highest BCUT2D eigenvalue weighted by Gasteiger charge is 2.19. The zero-order chi connectivity index (χ0) is 18.6. The van der Waals surface area contributed by atoms with Crippen molar-refractivity contribution in [3.8, 4) is 0 Å². The Bertz CT molecular complexity index is 943. The summed E-state index contributed by atoms with van der Waals surface area (Å²) in [5.41, 5.74) is 3.58. The highest BCUT2D eigenvalue weighted by atomic mass is 35.5. The van der Waals surface area contributed by atoms with Crippen molar-refractivity contribution in [1.29, 1.82) is 0 Å². The zero-order valence-electron chi connectivity index (χ0n) is 14.9. The van der Waals surface area contributed by atoms with Crippen LogP contribution in [0.15, 0.2) is 51.7 Å². The molecule has 0 unspecified atom stereocenters. The number of H-pyrrole nitrogens is 1. The van der Waals surface area contributed by atoms with Crippen molar-refractivity contribution >= 4 is 22.7 Å². The Morgan fingerprint density at radius 3 is 2.67 bits per heavy atom. The van der Waals surface area contributed by atoms with Crippen LogP contribution >= 0.6 is 11.6 Å². The van der Waals surface area contributed by atoms with Gasteiger partial charge in [0, 0.05) is 30.7 Å². The summed E-state index contributed by atoms with van der Waals surface area (Å²) in [5.74, 6) is -0.416. The van der Waals surface area contributed by atoms with Gasteiger partial charge in [-0.25, -0.2) is 4.79 Å². The molecule has 1 aliphatic heterocycles. The standard InChI is InChI=1S/C20H22ClN3O3/c21-16-4-1-14(2-5-16)13-26-24-9-7-17(8-10-24)22-12-15-3-6-19-18(11-15)23-20(25)27-19/h1-6,11,17,22H,7-10,12-13H2,(H,23,25). The van der Waals surface area contributed by atoms with E-state index in [2.05, 4.69) is 10.3 Å². The Hall–Kier alpha value is -2.12. The number of nitrogens with one attached hydrogen (secondary N) is 2. The van der Waals surface area contributed by atoms with Crippen LogP contribution < -0.4 is 11.1 Å². The second kappa shape index (κ2) is 8.27. The maximum absolute atomic E-state index is 11.2. The van der Waals surface area contributed by atoms with Gasteiger partial charge < -0.3 is 9.73 Å². The van der Waals surface area contributed by atoms with E-state index in [-0.39, 0.29) is 0 Å². The first kappa shape index (κ1) is 18.3. The van der Waals surface area contributed by atoms with Gasteiger partial charge in [0.25, 0.3) is 0 Å². The fourth-order valence-corrected chi connectivity index (χ4v) is 3.43. The van der Waals surface area contributed by atoms with Crippen LogP contribution in [0.1, 0.15) is 24.0 Å². The predicted molar refractivity (Wildman–Crippen MR) is 105 cm³/mol. The molecule has 3 aromatic rings. The minimum absolute atomic E-state index is 0.416. The molecule has 1 aromatic heterocycles. The van der Waals surface area contributed by atoms with Crippen LogP contribution in [-0.2, 0) is 18.0 Å². The Morgan fingerprint density at radius 1 is 1.15 bits per heavy atom. The molecule has 4 rings (SSSR count). The molecule has 0 bridgehead atoms. The van der Waals surface area contributed by atoms with E-state index >= 15 is 0 Å². The molecule has 142 valence electrons. The minimum Gasteiger partial charge on any atom is -0.408 e. The van der Waals surface area contributed by atoms with Crippen LogP contribution in [0.3, 0.4) is 0 Å². The van der Waals surface area contributed by atoms with E-state index in [1.165, 1.54) is 0 Å². The number of fused-ring (bicyclic) bond motifs is 1. The van der Waals surface area contributed by atoms with Gasteiger partial charge in [-0.05, 0) is 48.2 Å². The summed E-state index contributed by atoms with van der Waals surface area (Å²) in [6.45, 7) is 3.14. The Morgan fingerprint density at radius 2 is 1.89 bits per heavy atom. The topological polar surface area (TPSA) is 70.5 Å². The van der Waals surface area contributed by atoms with Crippen molar-refractivity contribution in [3.05, 3.63) is 69.2 Å². The molecule has 27 heavy (non-hydrogen) atoms. The number of nitrogens with zero attached hydrogens (tertiary/aromatic N) is 1. The molecule has 1 fully saturated rings. The van der Waals surface area contributed by atoms with Gasteiger partial charge in [0.2, 0.25) is 0 Å². The summed E-state index contributed by atoms with van der Waals surface area (Å²) in [6, 6.07) is 14.0. The van der Waals surface area contributed by atoms with Crippen LogP contribution in [0.5, 0.6) is 0 Å². The van der Waals surface area contributed by atoms with Crippen LogP contribution in [0, 0.1) is 0 Å². The second-order valence-electron chi connectivity index (χ2n) is 6.83. The van der Waals surface area contributed by atoms with Gasteiger partial charge >= 0.3 is 5.76 Å². The Kier molecular flexibility index (Phi) is 5.59. The van der Waals surface area contributed by atoms with Gasteiger partial charge in [0.05, 0.1) is 12.1 Å². The zero-order valence-corrected chi connectivity index (χ0v) is 15.7. The average molecular weight is 388 g/mol. The normalized spacial score (nSPS) is 16.2. The van der Waals surface area contributed by atoms with Crippen molar-refractivity contribution < 1.29 is 9.25 Å². The number of piperidine rings is 1. The fraction of sp³-hybridized carbons (Fsp3) is 0.350. The van der Waals surface area contributed by atoms with Gasteiger partial charge in [0.1, 0.15) is 0 Å². The third-order valence-corrected chi connectivity index (χ3v) is 5.11. The van der Waals surface area contributed by atoms with Gasteiger partial charge in [-0.2, -0.15) is 5.06 Å². The first-order chi connectivity index (χ1) is 13.2. The van der Waals surface area contributed by atoms with E-state index in [0.29, 0.717) is 18.2 Å². The highest BCUT2D eigenvalue weighted by Crippen LogP contribution is 2.16. The van der Waals surface area contributed by atoms with Crippen molar-refractivity contribution in [2.24, 2.45) is 0 Å². The first-order valence-corrected chi connectivity index (χ1v) is 9.51. The number of hydroxylamine groups is 2. The number of aromatic nitrogens is 1. The summed E-state index contributed by atoms with van der Waals surface area (Å²) < 4.78 is 5.03. The minimum atomic E-state index is -0.416. The molecule has 0 atom stereocenters. The lowest BCUT2D eigenvalue weighted by Gasteiger charge is -2.31. The molecular formula is C20H22ClN3O3. The van der Waals surface area contributed by atoms with Crippen molar-refractivity contribution in [3.63, 3.8) is 0 Å². The lowest BCUT2D eigenvalue weighted by Crippen LogP contribution is -2.42. The SMILES string of the molecule is O=c1[nH]c2cc(CNC3CCN(OCc4ccc(Cl)cc4)CC3)ccc2o1. The third-order valence-electron chi connectivity index (χ3n) is 4.86. The lowest BCUT2D eigenvalue weighted by atomic mass is 10.1. The molecule has 6 nitrogen and oxygen atoms in total. The van der Waals surface area contributed by atoms with Crippen LogP contribution in [-0.4, -0.2) is 29.2 Å². The molecule has 0 saturated carbocycles. The number of benzene rings is 2. The van der Waals surface area contributed by atoms with E-state index in [4.69, 9.17) is 20.9 Å². The van der Waals surface area contributed by atoms with E-state index in [9.17, 15) is 4.79 Å². The summed E-state index contributed by atoms with van der Waals surface area (Å²) >= 11 is 5.90. The van der Waals surface area contributed by atoms with Crippen LogP contribution in [0.25, 0.3) is 11.1 Å². The van der Waals surface area contributed by atoms with Crippen molar-refractivity contribution in [2.75, 3.05) is 13.1 Å². The van der Waals surface area contributed by atoms with E-state index < -0.39 is 5.76 Å². The van der Waals surface area contributed by atoms with Crippen molar-refractivity contribution in [1.82, 2.24) is 15.4 Å². The van der Waals surface area contributed by atoms with Gasteiger partial charge in [-0.1, -0.05) is 29.8 Å². The van der Waals surface area contributed by atoms with E-state index in [0.717, 1.165) is 54.1 Å². The second-order valence-corrected chi connectivity index (χ2v) is 7.27. The van der Waals surface area contributed by atoms with E-state index in [1.807, 2.05) is 47.5 Å². The highest BCUT2D eigenvalue weighted by molar-refractivity contribution is 6.30. The van der Waals surface area contributed by atoms with Crippen molar-refractivity contribution in [2.45, 2.75) is 32.0 Å². The number of halogens is 1. The summed E-state index contributed by atoms with van der Waals surface area (Å²) in [7, 11) is 0. The first-order valence-electron chi connectivity index (χ1n) is 9.13.